The number of hydrogen-bond acceptors (Lipinski definition) is 5. The molecule has 0 atom stereocenters. The van der Waals surface area contributed by atoms with E-state index in [0.717, 1.165) is 16.8 Å². The largest absolute Gasteiger partial charge is 0.497 e. The highest BCUT2D eigenvalue weighted by molar-refractivity contribution is 6.30. The van der Waals surface area contributed by atoms with E-state index in [9.17, 15) is 9.59 Å². The number of halogens is 1. The van der Waals surface area contributed by atoms with Crippen molar-refractivity contribution in [3.05, 3.63) is 119 Å². The lowest BCUT2D eigenvalue weighted by Crippen LogP contribution is -2.37. The maximum atomic E-state index is 13.5. The van der Waals surface area contributed by atoms with Crippen molar-refractivity contribution in [3.63, 3.8) is 0 Å². The molecule has 1 N–H and O–H groups in total. The van der Waals surface area contributed by atoms with Gasteiger partial charge in [0.25, 0.3) is 5.91 Å². The summed E-state index contributed by atoms with van der Waals surface area (Å²) >= 11 is 6.07. The normalized spacial score (nSPS) is 10.8. The molecule has 8 nitrogen and oxygen atoms in total. The molecule has 0 saturated carbocycles. The van der Waals surface area contributed by atoms with E-state index in [-0.39, 0.29) is 19.0 Å². The summed E-state index contributed by atoms with van der Waals surface area (Å²) in [5, 5.41) is 3.52. The van der Waals surface area contributed by atoms with Gasteiger partial charge in [-0.05, 0) is 61.5 Å². The van der Waals surface area contributed by atoms with Crippen LogP contribution in [0.1, 0.15) is 21.7 Å². The Morgan fingerprint density at radius 3 is 2.50 bits per heavy atom. The summed E-state index contributed by atoms with van der Waals surface area (Å²) in [5.41, 5.74) is 3.83. The van der Waals surface area contributed by atoms with Crippen molar-refractivity contribution < 1.29 is 18.7 Å². The van der Waals surface area contributed by atoms with E-state index in [4.69, 9.17) is 25.7 Å². The molecule has 9 heteroatoms. The van der Waals surface area contributed by atoms with Gasteiger partial charge in [0, 0.05) is 28.0 Å². The quantitative estimate of drug-likeness (QED) is 0.228. The molecule has 0 spiro atoms. The van der Waals surface area contributed by atoms with Gasteiger partial charge in [0.15, 0.2) is 0 Å². The second-order valence-electron chi connectivity index (χ2n) is 9.18. The molecule has 0 aliphatic heterocycles. The summed E-state index contributed by atoms with van der Waals surface area (Å²) in [5.74, 6) is 0.669. The van der Waals surface area contributed by atoms with Gasteiger partial charge < -0.3 is 14.1 Å². The fourth-order valence-corrected chi connectivity index (χ4v) is 4.32. The van der Waals surface area contributed by atoms with Crippen LogP contribution in [0.15, 0.2) is 102 Å². The molecule has 0 aliphatic carbocycles. The average molecular weight is 555 g/mol. The number of furan rings is 1. The minimum absolute atomic E-state index is 0.110. The van der Waals surface area contributed by atoms with Crippen LogP contribution in [0.4, 0.5) is 5.95 Å². The van der Waals surface area contributed by atoms with Crippen LogP contribution in [-0.4, -0.2) is 39.9 Å². The highest BCUT2D eigenvalue weighted by Crippen LogP contribution is 2.26. The van der Waals surface area contributed by atoms with Gasteiger partial charge in [-0.2, -0.15) is 0 Å². The lowest BCUT2D eigenvalue weighted by Gasteiger charge is -2.21. The minimum atomic E-state index is -0.413. The number of methoxy groups -OCH3 is 1. The third kappa shape index (κ3) is 6.24. The zero-order chi connectivity index (χ0) is 28.1. The monoisotopic (exact) mass is 554 g/mol. The van der Waals surface area contributed by atoms with Crippen LogP contribution in [0.25, 0.3) is 16.9 Å². The van der Waals surface area contributed by atoms with Crippen molar-refractivity contribution in [2.75, 3.05) is 19.0 Å². The van der Waals surface area contributed by atoms with E-state index >= 15 is 0 Å². The molecule has 0 fully saturated rings. The molecule has 2 aromatic heterocycles. The second-order valence-corrected chi connectivity index (χ2v) is 9.62. The van der Waals surface area contributed by atoms with E-state index < -0.39 is 5.91 Å². The second kappa shape index (κ2) is 11.9. The predicted octanol–water partition coefficient (Wildman–Crippen LogP) is 6.38. The van der Waals surface area contributed by atoms with E-state index in [1.807, 2.05) is 54.1 Å². The smallest absolute Gasteiger partial charge is 0.254 e. The van der Waals surface area contributed by atoms with Crippen molar-refractivity contribution >= 4 is 29.4 Å². The van der Waals surface area contributed by atoms with E-state index in [2.05, 4.69) is 5.32 Å². The first-order valence-electron chi connectivity index (χ1n) is 12.6. The van der Waals surface area contributed by atoms with Crippen LogP contribution in [0.5, 0.6) is 5.75 Å². The number of benzene rings is 3. The average Bonchev–Trinajstić information content (AvgIpc) is 3.63. The number of nitrogens with one attached hydrogen (secondary N) is 1. The number of rotatable bonds is 9. The zero-order valence-electron chi connectivity index (χ0n) is 22.0. The Labute approximate surface area is 236 Å². The lowest BCUT2D eigenvalue weighted by molar-refractivity contribution is -0.117. The highest BCUT2D eigenvalue weighted by Gasteiger charge is 2.22. The number of aryl methyl sites for hydroxylation is 1. The third-order valence-electron chi connectivity index (χ3n) is 6.27. The van der Waals surface area contributed by atoms with E-state index in [1.165, 1.54) is 18.3 Å². The summed E-state index contributed by atoms with van der Waals surface area (Å²) in [7, 11) is 1.53. The minimum Gasteiger partial charge on any atom is -0.497 e. The van der Waals surface area contributed by atoms with Crippen molar-refractivity contribution in [1.29, 1.82) is 0 Å². The van der Waals surface area contributed by atoms with E-state index in [1.54, 1.807) is 48.5 Å². The number of ether oxygens (including phenoxy) is 1. The SMILES string of the molecule is COc1cccc(C(=O)N(CC(=O)Nc2nc(-c3ccc(Cl)cc3)cn2-c2ccc(C)cc2)Cc2ccco2)c1. The standard InChI is InChI=1S/C31H27ClN4O4/c1-21-8-14-25(15-9-21)36-19-28(22-10-12-24(32)13-11-22)33-31(36)34-29(37)20-35(18-27-7-4-16-40-27)30(38)23-5-3-6-26(17-23)39-2/h3-17,19H,18,20H2,1-2H3,(H,33,34,37). The molecule has 3 aromatic carbocycles. The number of carbonyl (C=O) groups excluding carboxylic acids is 2. The Bertz CT molecular complexity index is 1610. The highest BCUT2D eigenvalue weighted by atomic mass is 35.5. The molecular weight excluding hydrogens is 528 g/mol. The predicted molar refractivity (Wildman–Crippen MR) is 154 cm³/mol. The molecule has 5 rings (SSSR count). The number of anilines is 1. The Balaban J connectivity index is 1.43. The molecule has 40 heavy (non-hydrogen) atoms. The summed E-state index contributed by atoms with van der Waals surface area (Å²) in [4.78, 5) is 33.0. The van der Waals surface area contributed by atoms with Crippen LogP contribution < -0.4 is 10.1 Å². The summed E-state index contributed by atoms with van der Waals surface area (Å²) < 4.78 is 12.5. The summed E-state index contributed by atoms with van der Waals surface area (Å²) in [6.45, 7) is 1.89. The zero-order valence-corrected chi connectivity index (χ0v) is 22.8. The Morgan fingerprint density at radius 1 is 1.02 bits per heavy atom. The third-order valence-corrected chi connectivity index (χ3v) is 6.53. The fourth-order valence-electron chi connectivity index (χ4n) is 4.20. The molecule has 0 unspecified atom stereocenters. The van der Waals surface area contributed by atoms with Gasteiger partial charge in [-0.3, -0.25) is 19.5 Å². The van der Waals surface area contributed by atoms with Gasteiger partial charge in [-0.1, -0.05) is 47.5 Å². The molecule has 0 aliphatic rings. The summed E-state index contributed by atoms with van der Waals surface area (Å²) in [6, 6.07) is 25.5. The topological polar surface area (TPSA) is 89.6 Å². The number of aromatic nitrogens is 2. The molecule has 0 bridgehead atoms. The first kappa shape index (κ1) is 26.8. The molecule has 0 radical (unpaired) electrons. The molecule has 2 heterocycles. The Hall–Kier alpha value is -4.82. The number of amides is 2. The Kier molecular flexibility index (Phi) is 7.98. The number of hydrogen-bond donors (Lipinski definition) is 1. The summed E-state index contributed by atoms with van der Waals surface area (Å²) in [6.07, 6.45) is 3.38. The van der Waals surface area contributed by atoms with Crippen molar-refractivity contribution in [3.8, 4) is 22.7 Å². The maximum absolute atomic E-state index is 13.5. The van der Waals surface area contributed by atoms with Gasteiger partial charge in [-0.15, -0.1) is 0 Å². The molecular formula is C31H27ClN4O4. The van der Waals surface area contributed by atoms with E-state index in [0.29, 0.717) is 33.7 Å². The van der Waals surface area contributed by atoms with Gasteiger partial charge in [-0.25, -0.2) is 4.98 Å². The molecule has 0 saturated heterocycles. The van der Waals surface area contributed by atoms with Crippen molar-refractivity contribution in [2.24, 2.45) is 0 Å². The van der Waals surface area contributed by atoms with Crippen molar-refractivity contribution in [1.82, 2.24) is 14.5 Å². The molecule has 2 amide bonds. The van der Waals surface area contributed by atoms with Crippen LogP contribution in [-0.2, 0) is 11.3 Å². The van der Waals surface area contributed by atoms with Crippen LogP contribution >= 0.6 is 11.6 Å². The first-order chi connectivity index (χ1) is 19.4. The molecule has 202 valence electrons. The van der Waals surface area contributed by atoms with Crippen LogP contribution in [0.3, 0.4) is 0 Å². The Morgan fingerprint density at radius 2 is 1.80 bits per heavy atom. The maximum Gasteiger partial charge on any atom is 0.254 e. The number of nitrogens with zero attached hydrogens (tertiary/aromatic N) is 3. The molecule has 5 aromatic rings. The van der Waals surface area contributed by atoms with Crippen molar-refractivity contribution in [2.45, 2.75) is 13.5 Å². The number of imidazole rings is 1. The lowest BCUT2D eigenvalue weighted by atomic mass is 10.2. The van der Waals surface area contributed by atoms with Gasteiger partial charge in [0.1, 0.15) is 18.1 Å². The fraction of sp³-hybridized carbons (Fsp3) is 0.129. The van der Waals surface area contributed by atoms with Gasteiger partial charge in [0.05, 0.1) is 25.6 Å². The van der Waals surface area contributed by atoms with Gasteiger partial charge >= 0.3 is 0 Å². The van der Waals surface area contributed by atoms with Crippen LogP contribution in [0, 0.1) is 6.92 Å². The first-order valence-corrected chi connectivity index (χ1v) is 13.0. The van der Waals surface area contributed by atoms with Gasteiger partial charge in [0.2, 0.25) is 11.9 Å². The number of carbonyl (C=O) groups is 2. The van der Waals surface area contributed by atoms with Crippen LogP contribution in [0.2, 0.25) is 5.02 Å².